The highest BCUT2D eigenvalue weighted by molar-refractivity contribution is 5.83. The Balaban J connectivity index is 2.60. The first-order valence-corrected chi connectivity index (χ1v) is 4.54. The Morgan fingerprint density at radius 3 is 2.60 bits per heavy atom. The average Bonchev–Trinajstić information content (AvgIpc) is 2.00. The van der Waals surface area contributed by atoms with Gasteiger partial charge in [-0.25, -0.2) is 0 Å². The maximum Gasteiger partial charge on any atom is 0.401 e. The molecule has 1 saturated heterocycles. The van der Waals surface area contributed by atoms with Gasteiger partial charge in [0.25, 0.3) is 5.91 Å². The maximum atomic E-state index is 12.1. The summed E-state index contributed by atoms with van der Waals surface area (Å²) in [5.41, 5.74) is 3.11. The molecule has 0 spiro atoms. The molecule has 1 rings (SSSR count). The number of halogens is 3. The second kappa shape index (κ2) is 3.97. The molecule has 1 heterocycles. The van der Waals surface area contributed by atoms with Gasteiger partial charge in [-0.2, -0.15) is 13.2 Å². The number of carbonyl (C=O) groups is 1. The number of hydrogen-bond donors (Lipinski definition) is 2. The summed E-state index contributed by atoms with van der Waals surface area (Å²) in [6, 6.07) is 0. The van der Waals surface area contributed by atoms with Gasteiger partial charge in [-0.05, 0) is 19.4 Å². The number of hydrogen-bond acceptors (Lipinski definition) is 3. The molecule has 0 aromatic rings. The zero-order valence-corrected chi connectivity index (χ0v) is 8.05. The normalized spacial score (nSPS) is 29.1. The second-order valence-corrected chi connectivity index (χ2v) is 3.83. The number of likely N-dealkylation sites (tertiary alicyclic amines) is 1. The van der Waals surface area contributed by atoms with Gasteiger partial charge in [0, 0.05) is 6.54 Å². The van der Waals surface area contributed by atoms with Crippen molar-refractivity contribution in [3.8, 4) is 0 Å². The van der Waals surface area contributed by atoms with E-state index in [9.17, 15) is 23.1 Å². The van der Waals surface area contributed by atoms with Crippen molar-refractivity contribution >= 4 is 5.91 Å². The van der Waals surface area contributed by atoms with Crippen molar-refractivity contribution in [2.45, 2.75) is 24.6 Å². The number of nitrogens with two attached hydrogens (primary N) is 1. The SMILES string of the molecule is NC(=O)[C@@]1(O)CCCN(CC(F)(F)F)C1. The monoisotopic (exact) mass is 226 g/mol. The van der Waals surface area contributed by atoms with Crippen molar-refractivity contribution < 1.29 is 23.1 Å². The van der Waals surface area contributed by atoms with Crippen LogP contribution in [-0.4, -0.2) is 47.3 Å². The van der Waals surface area contributed by atoms with Gasteiger partial charge in [0.1, 0.15) is 0 Å². The molecule has 1 amide bonds. The predicted octanol–water partition coefficient (Wildman–Crippen LogP) is -0.139. The Labute approximate surface area is 84.8 Å². The van der Waals surface area contributed by atoms with Gasteiger partial charge in [-0.3, -0.25) is 9.69 Å². The Hall–Kier alpha value is -0.820. The minimum absolute atomic E-state index is 0.122. The molecule has 3 N–H and O–H groups in total. The van der Waals surface area contributed by atoms with Gasteiger partial charge >= 0.3 is 6.18 Å². The first kappa shape index (κ1) is 12.3. The van der Waals surface area contributed by atoms with Crippen LogP contribution in [0.5, 0.6) is 0 Å². The minimum atomic E-state index is -4.32. The lowest BCUT2D eigenvalue weighted by molar-refractivity contribution is -0.164. The molecule has 1 atom stereocenters. The Kier molecular flexibility index (Phi) is 3.25. The van der Waals surface area contributed by atoms with E-state index in [1.54, 1.807) is 0 Å². The molecule has 0 aliphatic carbocycles. The molecule has 4 nitrogen and oxygen atoms in total. The molecule has 0 bridgehead atoms. The van der Waals surface area contributed by atoms with E-state index in [0.717, 1.165) is 4.90 Å². The summed E-state index contributed by atoms with van der Waals surface area (Å²) >= 11 is 0. The number of amides is 1. The lowest BCUT2D eigenvalue weighted by Gasteiger charge is -2.37. The van der Waals surface area contributed by atoms with Crippen LogP contribution in [0.4, 0.5) is 13.2 Å². The summed E-state index contributed by atoms with van der Waals surface area (Å²) < 4.78 is 36.2. The molecule has 15 heavy (non-hydrogen) atoms. The fourth-order valence-corrected chi connectivity index (χ4v) is 1.71. The highest BCUT2D eigenvalue weighted by atomic mass is 19.4. The van der Waals surface area contributed by atoms with Gasteiger partial charge in [-0.15, -0.1) is 0 Å². The van der Waals surface area contributed by atoms with Crippen LogP contribution in [0.25, 0.3) is 0 Å². The highest BCUT2D eigenvalue weighted by Gasteiger charge is 2.41. The smallest absolute Gasteiger partial charge is 0.379 e. The first-order valence-electron chi connectivity index (χ1n) is 4.54. The van der Waals surface area contributed by atoms with Crippen LogP contribution in [-0.2, 0) is 4.79 Å². The Bertz CT molecular complexity index is 257. The first-order chi connectivity index (χ1) is 6.73. The average molecular weight is 226 g/mol. The Morgan fingerprint density at radius 1 is 1.53 bits per heavy atom. The van der Waals surface area contributed by atoms with E-state index in [0.29, 0.717) is 6.42 Å². The summed E-state index contributed by atoms with van der Waals surface area (Å²) in [6.45, 7) is -1.25. The fraction of sp³-hybridized carbons (Fsp3) is 0.875. The summed E-state index contributed by atoms with van der Waals surface area (Å²) in [6.07, 6.45) is -3.87. The molecule has 0 unspecified atom stereocenters. The van der Waals surface area contributed by atoms with Crippen molar-refractivity contribution in [2.75, 3.05) is 19.6 Å². The standard InChI is InChI=1S/C8H13F3N2O2/c9-8(10,11)5-13-3-1-2-7(15,4-13)6(12)14/h15H,1-5H2,(H2,12,14)/t7-/m1/s1. The third-order valence-electron chi connectivity index (χ3n) is 2.41. The molecular formula is C8H13F3N2O2. The second-order valence-electron chi connectivity index (χ2n) is 3.83. The van der Waals surface area contributed by atoms with Crippen molar-refractivity contribution in [2.24, 2.45) is 5.73 Å². The topological polar surface area (TPSA) is 66.6 Å². The van der Waals surface area contributed by atoms with Crippen molar-refractivity contribution in [3.05, 3.63) is 0 Å². The van der Waals surface area contributed by atoms with Gasteiger partial charge < -0.3 is 10.8 Å². The van der Waals surface area contributed by atoms with Crippen LogP contribution in [0.3, 0.4) is 0 Å². The molecule has 7 heteroatoms. The van der Waals surface area contributed by atoms with Crippen LogP contribution >= 0.6 is 0 Å². The maximum absolute atomic E-state index is 12.1. The minimum Gasteiger partial charge on any atom is -0.379 e. The number of carbonyl (C=O) groups excluding carboxylic acids is 1. The lowest BCUT2D eigenvalue weighted by Crippen LogP contribution is -2.57. The zero-order chi connectivity index (χ0) is 11.7. The summed E-state index contributed by atoms with van der Waals surface area (Å²) in [5, 5.41) is 9.63. The Morgan fingerprint density at radius 2 is 2.13 bits per heavy atom. The third-order valence-corrected chi connectivity index (χ3v) is 2.41. The van der Waals surface area contributed by atoms with E-state index < -0.39 is 24.2 Å². The molecular weight excluding hydrogens is 213 g/mol. The summed E-state index contributed by atoms with van der Waals surface area (Å²) in [4.78, 5) is 11.8. The largest absolute Gasteiger partial charge is 0.401 e. The van der Waals surface area contributed by atoms with Crippen molar-refractivity contribution in [1.29, 1.82) is 0 Å². The number of piperidine rings is 1. The quantitative estimate of drug-likeness (QED) is 0.688. The molecule has 0 radical (unpaired) electrons. The van der Waals surface area contributed by atoms with Crippen molar-refractivity contribution in [1.82, 2.24) is 4.90 Å². The molecule has 0 aromatic heterocycles. The van der Waals surface area contributed by atoms with E-state index in [-0.39, 0.29) is 19.5 Å². The van der Waals surface area contributed by atoms with Gasteiger partial charge in [0.2, 0.25) is 0 Å². The van der Waals surface area contributed by atoms with Crippen molar-refractivity contribution in [3.63, 3.8) is 0 Å². The van der Waals surface area contributed by atoms with Crippen LogP contribution < -0.4 is 5.73 Å². The lowest BCUT2D eigenvalue weighted by atomic mass is 9.92. The van der Waals surface area contributed by atoms with Crippen LogP contribution in [0.1, 0.15) is 12.8 Å². The molecule has 1 fully saturated rings. The number of primary amides is 1. The van der Waals surface area contributed by atoms with E-state index >= 15 is 0 Å². The molecule has 88 valence electrons. The van der Waals surface area contributed by atoms with E-state index in [1.807, 2.05) is 0 Å². The summed E-state index contributed by atoms with van der Waals surface area (Å²) in [7, 11) is 0. The molecule has 1 aliphatic heterocycles. The number of β-amino-alcohol motifs (C(OH)–C–C–N with tert-alkyl or cyclic N) is 1. The highest BCUT2D eigenvalue weighted by Crippen LogP contribution is 2.24. The van der Waals surface area contributed by atoms with Crippen LogP contribution in [0, 0.1) is 0 Å². The van der Waals surface area contributed by atoms with Crippen LogP contribution in [0.15, 0.2) is 0 Å². The predicted molar refractivity (Wildman–Crippen MR) is 45.9 cm³/mol. The van der Waals surface area contributed by atoms with Gasteiger partial charge in [0.15, 0.2) is 5.60 Å². The van der Waals surface area contributed by atoms with Gasteiger partial charge in [0.05, 0.1) is 6.54 Å². The van der Waals surface area contributed by atoms with E-state index in [4.69, 9.17) is 5.73 Å². The molecule has 1 aliphatic rings. The van der Waals surface area contributed by atoms with E-state index in [2.05, 4.69) is 0 Å². The number of nitrogens with zero attached hydrogens (tertiary/aromatic N) is 1. The summed E-state index contributed by atoms with van der Waals surface area (Å²) in [5.74, 6) is -0.964. The fourth-order valence-electron chi connectivity index (χ4n) is 1.71. The third kappa shape index (κ3) is 3.35. The van der Waals surface area contributed by atoms with Gasteiger partial charge in [-0.1, -0.05) is 0 Å². The molecule has 0 aromatic carbocycles. The van der Waals surface area contributed by atoms with E-state index in [1.165, 1.54) is 0 Å². The molecule has 0 saturated carbocycles. The number of alkyl halides is 3. The number of aliphatic hydroxyl groups is 1. The van der Waals surface area contributed by atoms with Crippen LogP contribution in [0.2, 0.25) is 0 Å². The zero-order valence-electron chi connectivity index (χ0n) is 8.05. The number of rotatable bonds is 2.